The van der Waals surface area contributed by atoms with Gasteiger partial charge in [-0.3, -0.25) is 9.59 Å². The van der Waals surface area contributed by atoms with Gasteiger partial charge in [-0.05, 0) is 6.92 Å². The molecule has 0 aliphatic carbocycles. The zero-order valence-electron chi connectivity index (χ0n) is 9.32. The number of carbonyl (C=O) groups is 4. The third-order valence-electron chi connectivity index (χ3n) is 1.83. The van der Waals surface area contributed by atoms with Crippen molar-refractivity contribution in [2.75, 3.05) is 0 Å². The topological polar surface area (TPSA) is 158 Å². The third kappa shape index (κ3) is 6.88. The molecule has 19 heavy (non-hydrogen) atoms. The van der Waals surface area contributed by atoms with E-state index in [1.807, 2.05) is 0 Å². The van der Waals surface area contributed by atoms with E-state index < -0.39 is 48.4 Å². The van der Waals surface area contributed by atoms with Crippen molar-refractivity contribution in [3.05, 3.63) is 0 Å². The van der Waals surface area contributed by atoms with Crippen LogP contribution < -0.4 is 0 Å². The van der Waals surface area contributed by atoms with Gasteiger partial charge in [-0.2, -0.15) is 0 Å². The van der Waals surface area contributed by atoms with Gasteiger partial charge < -0.3 is 25.2 Å². The van der Waals surface area contributed by atoms with E-state index in [4.69, 9.17) is 15.3 Å². The quantitative estimate of drug-likeness (QED) is 0.220. The molecule has 0 aromatic heterocycles. The second kappa shape index (κ2) is 7.86. The molecule has 0 aliphatic rings. The molecule has 2 unspecified atom stereocenters. The monoisotopic (exact) mass is 342 g/mol. The van der Waals surface area contributed by atoms with Gasteiger partial charge in [-0.25, -0.2) is 9.59 Å². The number of hydrogen-bond acceptors (Lipinski definition) is 7. The van der Waals surface area contributed by atoms with Crippen LogP contribution in [-0.2, 0) is 23.9 Å². The van der Waals surface area contributed by atoms with Gasteiger partial charge in [0.25, 0.3) is 0 Å². The fourth-order valence-electron chi connectivity index (χ4n) is 0.936. The minimum absolute atomic E-state index is 0. The first-order chi connectivity index (χ1) is 8.08. The van der Waals surface area contributed by atoms with Gasteiger partial charge in [-0.1, -0.05) is 0 Å². The maximum absolute atomic E-state index is 11.1. The molecule has 2 atom stereocenters. The van der Waals surface area contributed by atoms with E-state index in [0.29, 0.717) is 0 Å². The number of rotatable bonds is 6. The van der Waals surface area contributed by atoms with Crippen LogP contribution in [-0.4, -0.2) is 73.6 Å². The Morgan fingerprint density at radius 2 is 1.63 bits per heavy atom. The molecule has 110 valence electrons. The molecule has 0 aromatic carbocycles. The molecule has 0 spiro atoms. The molecular weight excluding hydrogens is 325 g/mol. The Kier molecular flexibility index (Phi) is 8.23. The molecule has 0 amide bonds. The Morgan fingerprint density at radius 1 is 1.16 bits per heavy atom. The summed E-state index contributed by atoms with van der Waals surface area (Å²) in [4.78, 5) is 42.9. The number of esters is 2. The molecule has 4 N–H and O–H groups in total. The van der Waals surface area contributed by atoms with Gasteiger partial charge in [0, 0.05) is 0 Å². The second-order valence-electron chi connectivity index (χ2n) is 3.55. The molecule has 0 heterocycles. The van der Waals surface area contributed by atoms with Crippen molar-refractivity contribution in [3.8, 4) is 0 Å². The van der Waals surface area contributed by atoms with Crippen LogP contribution in [0.5, 0.6) is 0 Å². The van der Waals surface area contributed by atoms with E-state index in [9.17, 15) is 24.3 Å². The standard InChI is InChI=1S/C9H12O9.GeH4/c1-4(10)7(14)18-6(13)3-9(17,8(15)16)2-5(11)12;/h4,10,17H,2-3H2,1H3,(H,11,12)(H,15,16);1H4. The van der Waals surface area contributed by atoms with Crippen LogP contribution in [0.4, 0.5) is 0 Å². The molecule has 0 aromatic rings. The predicted octanol–water partition coefficient (Wildman–Crippen LogP) is -3.33. The van der Waals surface area contributed by atoms with Crippen LogP contribution in [0.3, 0.4) is 0 Å². The number of aliphatic hydroxyl groups is 2. The van der Waals surface area contributed by atoms with E-state index >= 15 is 0 Å². The Hall–Kier alpha value is -1.46. The molecule has 10 heteroatoms. The molecule has 0 fully saturated rings. The summed E-state index contributed by atoms with van der Waals surface area (Å²) in [5.41, 5.74) is -2.87. The van der Waals surface area contributed by atoms with Crippen LogP contribution in [0, 0.1) is 0 Å². The van der Waals surface area contributed by atoms with Crippen LogP contribution in [0.25, 0.3) is 0 Å². The summed E-state index contributed by atoms with van der Waals surface area (Å²) < 4.78 is 4.00. The Bertz CT molecular complexity index is 378. The number of carboxylic acid groups (broad SMARTS) is 2. The maximum atomic E-state index is 11.1. The number of ether oxygens (including phenoxy) is 1. The average Bonchev–Trinajstić information content (AvgIpc) is 2.14. The van der Waals surface area contributed by atoms with Gasteiger partial charge in [0.15, 0.2) is 5.60 Å². The fourth-order valence-corrected chi connectivity index (χ4v) is 0.936. The molecule has 0 rings (SSSR count). The van der Waals surface area contributed by atoms with E-state index in [0.717, 1.165) is 6.92 Å². The zero-order chi connectivity index (χ0) is 14.5. The number of aliphatic carboxylic acids is 2. The molecule has 0 radical (unpaired) electrons. The van der Waals surface area contributed by atoms with E-state index in [1.165, 1.54) is 0 Å². The Balaban J connectivity index is 0. The van der Waals surface area contributed by atoms with Gasteiger partial charge in [0.05, 0.1) is 12.8 Å². The van der Waals surface area contributed by atoms with E-state index in [-0.39, 0.29) is 17.6 Å². The fraction of sp³-hybridized carbons (Fsp3) is 0.556. The van der Waals surface area contributed by atoms with Crippen molar-refractivity contribution in [1.82, 2.24) is 0 Å². The van der Waals surface area contributed by atoms with Gasteiger partial charge in [0.2, 0.25) is 0 Å². The van der Waals surface area contributed by atoms with E-state index in [2.05, 4.69) is 4.74 Å². The van der Waals surface area contributed by atoms with Crippen LogP contribution in [0.2, 0.25) is 0 Å². The van der Waals surface area contributed by atoms with Crippen molar-refractivity contribution in [2.24, 2.45) is 0 Å². The van der Waals surface area contributed by atoms with Gasteiger partial charge in [-0.15, -0.1) is 0 Å². The van der Waals surface area contributed by atoms with Gasteiger partial charge >= 0.3 is 41.5 Å². The predicted molar refractivity (Wildman–Crippen MR) is 63.6 cm³/mol. The average molecular weight is 341 g/mol. The summed E-state index contributed by atoms with van der Waals surface area (Å²) in [5, 5.41) is 35.2. The first-order valence-electron chi connectivity index (χ1n) is 4.68. The summed E-state index contributed by atoms with van der Waals surface area (Å²) >= 11 is 0. The number of carboxylic acids is 2. The summed E-state index contributed by atoms with van der Waals surface area (Å²) in [6.07, 6.45) is -4.07. The number of aliphatic hydroxyl groups excluding tert-OH is 1. The molecule has 0 aliphatic heterocycles. The van der Waals surface area contributed by atoms with Crippen molar-refractivity contribution in [2.45, 2.75) is 31.5 Å². The normalized spacial score (nSPS) is 14.5. The summed E-state index contributed by atoms with van der Waals surface area (Å²) in [7, 11) is 0. The van der Waals surface area contributed by atoms with E-state index in [1.54, 1.807) is 0 Å². The molecule has 0 saturated carbocycles. The first kappa shape index (κ1) is 19.9. The number of carbonyl (C=O) groups excluding carboxylic acids is 2. The van der Waals surface area contributed by atoms with Crippen molar-refractivity contribution >= 4 is 41.5 Å². The third-order valence-corrected chi connectivity index (χ3v) is 1.83. The van der Waals surface area contributed by atoms with Crippen molar-refractivity contribution in [3.63, 3.8) is 0 Å². The second-order valence-corrected chi connectivity index (χ2v) is 3.55. The molecule has 0 saturated heterocycles. The Labute approximate surface area is 118 Å². The summed E-state index contributed by atoms with van der Waals surface area (Å²) in [5.74, 6) is -6.36. The minimum atomic E-state index is -2.87. The molecular formula is C9H16GeO9. The summed E-state index contributed by atoms with van der Waals surface area (Å²) in [6, 6.07) is 0. The van der Waals surface area contributed by atoms with Crippen molar-refractivity contribution < 1.29 is 44.3 Å². The van der Waals surface area contributed by atoms with Gasteiger partial charge in [0.1, 0.15) is 6.10 Å². The SMILES string of the molecule is CC(O)C(=O)OC(=O)CC(O)(CC(=O)O)C(=O)O.[GeH4]. The van der Waals surface area contributed by atoms with Crippen LogP contribution in [0.1, 0.15) is 19.8 Å². The van der Waals surface area contributed by atoms with Crippen LogP contribution in [0.15, 0.2) is 0 Å². The number of hydrogen-bond donors (Lipinski definition) is 4. The summed E-state index contributed by atoms with van der Waals surface area (Å²) in [6.45, 7) is 1.01. The molecule has 0 bridgehead atoms. The zero-order valence-corrected chi connectivity index (χ0v) is 9.32. The van der Waals surface area contributed by atoms with Crippen molar-refractivity contribution in [1.29, 1.82) is 0 Å². The Morgan fingerprint density at radius 3 is 1.95 bits per heavy atom. The molecule has 9 nitrogen and oxygen atoms in total. The first-order valence-corrected chi connectivity index (χ1v) is 4.68. The van der Waals surface area contributed by atoms with Crippen LogP contribution >= 0.6 is 0 Å².